The first-order valence-corrected chi connectivity index (χ1v) is 9.09. The van der Waals surface area contributed by atoms with Crippen LogP contribution in [0.3, 0.4) is 0 Å². The van der Waals surface area contributed by atoms with Crippen molar-refractivity contribution in [3.63, 3.8) is 0 Å². The normalized spacial score (nSPS) is 12.7. The standard InChI is InChI=1S/C14H21F3O2Si/c1-18-20(3,19-2)11-5-4-6-12-7-9-13(10-8-12)14(15,16)17/h7-10H,4-6,11H2,1-3H3. The van der Waals surface area contributed by atoms with Crippen molar-refractivity contribution in [3.05, 3.63) is 35.4 Å². The Bertz CT molecular complexity index is 400. The van der Waals surface area contributed by atoms with Crippen LogP contribution in [-0.4, -0.2) is 22.8 Å². The molecule has 0 fully saturated rings. The highest BCUT2D eigenvalue weighted by molar-refractivity contribution is 6.65. The Morgan fingerprint density at radius 2 is 1.55 bits per heavy atom. The van der Waals surface area contributed by atoms with Crippen LogP contribution >= 0.6 is 0 Å². The maximum absolute atomic E-state index is 12.4. The predicted octanol–water partition coefficient (Wildman–Crippen LogP) is 4.39. The lowest BCUT2D eigenvalue weighted by Gasteiger charge is -2.22. The minimum Gasteiger partial charge on any atom is -0.398 e. The summed E-state index contributed by atoms with van der Waals surface area (Å²) in [5.74, 6) is 0. The molecule has 1 rings (SSSR count). The molecule has 2 nitrogen and oxygen atoms in total. The number of unbranched alkanes of at least 4 members (excludes halogenated alkanes) is 1. The van der Waals surface area contributed by atoms with Crippen LogP contribution in [0.5, 0.6) is 0 Å². The average Bonchev–Trinajstić information content (AvgIpc) is 2.43. The molecule has 0 aromatic heterocycles. The van der Waals surface area contributed by atoms with Crippen molar-refractivity contribution >= 4 is 8.56 Å². The van der Waals surface area contributed by atoms with Crippen LogP contribution in [0.4, 0.5) is 13.2 Å². The van der Waals surface area contributed by atoms with Crippen molar-refractivity contribution in [1.29, 1.82) is 0 Å². The molecule has 1 aromatic rings. The number of alkyl halides is 3. The van der Waals surface area contributed by atoms with Gasteiger partial charge in [-0.25, -0.2) is 0 Å². The Kier molecular flexibility index (Phi) is 6.23. The highest BCUT2D eigenvalue weighted by atomic mass is 28.4. The summed E-state index contributed by atoms with van der Waals surface area (Å²) in [5, 5.41) is 0. The predicted molar refractivity (Wildman–Crippen MR) is 74.8 cm³/mol. The van der Waals surface area contributed by atoms with Crippen LogP contribution in [0.25, 0.3) is 0 Å². The second-order valence-electron chi connectivity index (χ2n) is 4.94. The third-order valence-electron chi connectivity index (χ3n) is 3.49. The van der Waals surface area contributed by atoms with Crippen LogP contribution < -0.4 is 0 Å². The largest absolute Gasteiger partial charge is 0.416 e. The zero-order valence-electron chi connectivity index (χ0n) is 12.1. The van der Waals surface area contributed by atoms with Gasteiger partial charge in [-0.05, 0) is 43.1 Å². The maximum Gasteiger partial charge on any atom is 0.416 e. The molecular weight excluding hydrogens is 285 g/mol. The number of hydrogen-bond donors (Lipinski definition) is 0. The van der Waals surface area contributed by atoms with E-state index in [0.29, 0.717) is 0 Å². The number of aryl methyl sites for hydroxylation is 1. The Morgan fingerprint density at radius 1 is 1.00 bits per heavy atom. The lowest BCUT2D eigenvalue weighted by molar-refractivity contribution is -0.137. The van der Waals surface area contributed by atoms with Gasteiger partial charge in [-0.15, -0.1) is 0 Å². The highest BCUT2D eigenvalue weighted by Gasteiger charge is 2.30. The lowest BCUT2D eigenvalue weighted by Crippen LogP contribution is -2.35. The topological polar surface area (TPSA) is 18.5 Å². The minimum absolute atomic E-state index is 0.597. The van der Waals surface area contributed by atoms with E-state index >= 15 is 0 Å². The second-order valence-corrected chi connectivity index (χ2v) is 8.53. The summed E-state index contributed by atoms with van der Waals surface area (Å²) in [6.07, 6.45) is -1.62. The molecule has 0 heterocycles. The van der Waals surface area contributed by atoms with Crippen LogP contribution in [0, 0.1) is 0 Å². The van der Waals surface area contributed by atoms with Gasteiger partial charge in [-0.2, -0.15) is 13.2 Å². The van der Waals surface area contributed by atoms with Gasteiger partial charge in [0.15, 0.2) is 0 Å². The third kappa shape index (κ3) is 5.26. The zero-order valence-corrected chi connectivity index (χ0v) is 13.1. The van der Waals surface area contributed by atoms with Gasteiger partial charge in [0, 0.05) is 14.2 Å². The van der Waals surface area contributed by atoms with E-state index in [2.05, 4.69) is 0 Å². The van der Waals surface area contributed by atoms with E-state index in [9.17, 15) is 13.2 Å². The van der Waals surface area contributed by atoms with Gasteiger partial charge in [0.2, 0.25) is 0 Å². The number of benzene rings is 1. The van der Waals surface area contributed by atoms with Crippen molar-refractivity contribution in [3.8, 4) is 0 Å². The van der Waals surface area contributed by atoms with E-state index < -0.39 is 20.3 Å². The molecule has 0 atom stereocenters. The fourth-order valence-electron chi connectivity index (χ4n) is 1.92. The highest BCUT2D eigenvalue weighted by Crippen LogP contribution is 2.29. The average molecular weight is 306 g/mol. The van der Waals surface area contributed by atoms with Crippen LogP contribution in [0.1, 0.15) is 24.0 Å². The molecular formula is C14H21F3O2Si. The summed E-state index contributed by atoms with van der Waals surface area (Å²) in [7, 11) is 1.30. The van der Waals surface area contributed by atoms with Crippen molar-refractivity contribution in [1.82, 2.24) is 0 Å². The Labute approximate surface area is 119 Å². The van der Waals surface area contributed by atoms with Crippen LogP contribution in [0.15, 0.2) is 24.3 Å². The number of halogens is 3. The van der Waals surface area contributed by atoms with E-state index in [-0.39, 0.29) is 0 Å². The maximum atomic E-state index is 12.4. The van der Waals surface area contributed by atoms with Crippen molar-refractivity contribution in [2.24, 2.45) is 0 Å². The molecule has 0 aliphatic carbocycles. The molecule has 0 spiro atoms. The molecule has 114 valence electrons. The zero-order chi connectivity index (χ0) is 15.2. The van der Waals surface area contributed by atoms with Gasteiger partial charge in [0.1, 0.15) is 0 Å². The molecule has 0 radical (unpaired) electrons. The van der Waals surface area contributed by atoms with Crippen molar-refractivity contribution in [2.45, 2.75) is 38.0 Å². The summed E-state index contributed by atoms with van der Waals surface area (Å²) < 4.78 is 48.0. The number of rotatable bonds is 7. The Hall–Kier alpha value is -0.853. The molecule has 0 N–H and O–H groups in total. The van der Waals surface area contributed by atoms with Gasteiger partial charge < -0.3 is 8.85 Å². The van der Waals surface area contributed by atoms with E-state index in [1.54, 1.807) is 26.4 Å². The van der Waals surface area contributed by atoms with Gasteiger partial charge in [0.05, 0.1) is 5.56 Å². The molecule has 20 heavy (non-hydrogen) atoms. The van der Waals surface area contributed by atoms with E-state index in [0.717, 1.165) is 43.0 Å². The first kappa shape index (κ1) is 17.2. The first-order chi connectivity index (χ1) is 9.30. The van der Waals surface area contributed by atoms with Crippen molar-refractivity contribution in [2.75, 3.05) is 14.2 Å². The van der Waals surface area contributed by atoms with Gasteiger partial charge in [0.25, 0.3) is 0 Å². The van der Waals surface area contributed by atoms with Gasteiger partial charge >= 0.3 is 14.7 Å². The molecule has 0 unspecified atom stereocenters. The molecule has 0 aliphatic heterocycles. The fourth-order valence-corrected chi connectivity index (χ4v) is 3.39. The monoisotopic (exact) mass is 306 g/mol. The Morgan fingerprint density at radius 3 is 2.00 bits per heavy atom. The summed E-state index contributed by atoms with van der Waals surface area (Å²) in [4.78, 5) is 0. The smallest absolute Gasteiger partial charge is 0.398 e. The Balaban J connectivity index is 2.40. The van der Waals surface area contributed by atoms with Crippen LogP contribution in [0.2, 0.25) is 12.6 Å². The molecule has 0 saturated carbocycles. The molecule has 0 amide bonds. The molecule has 0 saturated heterocycles. The third-order valence-corrected chi connectivity index (χ3v) is 6.48. The fraction of sp³-hybridized carbons (Fsp3) is 0.571. The second kappa shape index (κ2) is 7.24. The van der Waals surface area contributed by atoms with E-state index in [1.807, 2.05) is 6.55 Å². The van der Waals surface area contributed by atoms with E-state index in [4.69, 9.17) is 8.85 Å². The van der Waals surface area contributed by atoms with E-state index in [1.165, 1.54) is 0 Å². The van der Waals surface area contributed by atoms with Crippen LogP contribution in [-0.2, 0) is 21.4 Å². The van der Waals surface area contributed by atoms with Gasteiger partial charge in [-0.1, -0.05) is 18.6 Å². The first-order valence-electron chi connectivity index (χ1n) is 6.57. The summed E-state index contributed by atoms with van der Waals surface area (Å²) in [6.45, 7) is 2.01. The molecule has 1 aromatic carbocycles. The SMILES string of the molecule is CO[Si](C)(CCCCc1ccc(C(F)(F)F)cc1)OC. The summed E-state index contributed by atoms with van der Waals surface area (Å²) >= 11 is 0. The number of hydrogen-bond acceptors (Lipinski definition) is 2. The minimum atomic E-state index is -4.26. The lowest BCUT2D eigenvalue weighted by atomic mass is 10.1. The van der Waals surface area contributed by atoms with Gasteiger partial charge in [-0.3, -0.25) is 0 Å². The quantitative estimate of drug-likeness (QED) is 0.549. The molecule has 6 heteroatoms. The molecule has 0 bridgehead atoms. The summed E-state index contributed by atoms with van der Waals surface area (Å²) in [6, 6.07) is 6.26. The molecule has 0 aliphatic rings. The summed E-state index contributed by atoms with van der Waals surface area (Å²) in [5.41, 5.74) is 0.330. The van der Waals surface area contributed by atoms with Crippen molar-refractivity contribution < 1.29 is 22.0 Å².